The molecular weight excluding hydrogens is 351 g/mol. The topological polar surface area (TPSA) is 34.1 Å². The number of halogens is 5. The Balaban J connectivity index is 2.14. The van der Waals surface area contributed by atoms with Gasteiger partial charge in [-0.25, -0.2) is 17.2 Å². The zero-order valence-corrected chi connectivity index (χ0v) is 13.0. The highest BCUT2D eigenvalue weighted by molar-refractivity contribution is 7.91. The molecule has 0 unspecified atom stereocenters. The van der Waals surface area contributed by atoms with E-state index in [0.29, 0.717) is 24.3 Å². The van der Waals surface area contributed by atoms with Crippen LogP contribution in [0.1, 0.15) is 17.5 Å². The van der Waals surface area contributed by atoms with Gasteiger partial charge in [0.2, 0.25) is 0 Å². The summed E-state index contributed by atoms with van der Waals surface area (Å²) in [5.74, 6) is -4.36. The van der Waals surface area contributed by atoms with Gasteiger partial charge in [-0.2, -0.15) is 13.2 Å². The maximum absolute atomic E-state index is 14.1. The molecule has 0 N–H and O–H groups in total. The molecule has 0 heterocycles. The highest BCUT2D eigenvalue weighted by Crippen LogP contribution is 2.35. The highest BCUT2D eigenvalue weighted by Gasteiger charge is 2.35. The maximum Gasteiger partial charge on any atom is 0.416 e. The lowest BCUT2D eigenvalue weighted by molar-refractivity contribution is -0.137. The molecule has 0 bridgehead atoms. The Hall–Kier alpha value is -1.96. The number of rotatable bonds is 5. The van der Waals surface area contributed by atoms with Crippen molar-refractivity contribution in [2.45, 2.75) is 23.4 Å². The van der Waals surface area contributed by atoms with Crippen molar-refractivity contribution >= 4 is 9.84 Å². The van der Waals surface area contributed by atoms with Crippen LogP contribution in [0, 0.1) is 0 Å². The second-order valence-electron chi connectivity index (χ2n) is 5.16. The van der Waals surface area contributed by atoms with E-state index in [4.69, 9.17) is 0 Å². The van der Waals surface area contributed by atoms with Crippen molar-refractivity contribution in [1.29, 1.82) is 0 Å². The fourth-order valence-electron chi connectivity index (χ4n) is 2.06. The first-order valence-corrected chi connectivity index (χ1v) is 8.51. The monoisotopic (exact) mass is 364 g/mol. The molecule has 8 heteroatoms. The lowest BCUT2D eigenvalue weighted by Crippen LogP contribution is -2.20. The third-order valence-electron chi connectivity index (χ3n) is 3.42. The summed E-state index contributed by atoms with van der Waals surface area (Å²) < 4.78 is 89.5. The highest BCUT2D eigenvalue weighted by atomic mass is 32.2. The maximum atomic E-state index is 14.1. The predicted octanol–water partition coefficient (Wildman–Crippen LogP) is 4.66. The summed E-state index contributed by atoms with van der Waals surface area (Å²) in [6.45, 7) is 0. The quantitative estimate of drug-likeness (QED) is 0.723. The van der Waals surface area contributed by atoms with Gasteiger partial charge in [0.25, 0.3) is 5.92 Å². The van der Waals surface area contributed by atoms with Gasteiger partial charge in [-0.3, -0.25) is 0 Å². The van der Waals surface area contributed by atoms with Crippen molar-refractivity contribution in [2.75, 3.05) is 5.75 Å². The fraction of sp³-hybridized carbons (Fsp3) is 0.250. The molecule has 0 aliphatic heterocycles. The standard InChI is InChI=1S/C16H13F5O2S/c17-15(18,12-6-8-13(9-7-12)16(19,20)21)10-11-24(22,23)14-4-2-1-3-5-14/h1-9H,10-11H2. The van der Waals surface area contributed by atoms with E-state index in [2.05, 4.69) is 0 Å². The second-order valence-corrected chi connectivity index (χ2v) is 7.27. The van der Waals surface area contributed by atoms with Crippen molar-refractivity contribution in [2.24, 2.45) is 0 Å². The fourth-order valence-corrected chi connectivity index (χ4v) is 3.39. The molecule has 24 heavy (non-hydrogen) atoms. The van der Waals surface area contributed by atoms with E-state index >= 15 is 0 Å². The molecule has 0 aliphatic carbocycles. The largest absolute Gasteiger partial charge is 0.416 e. The van der Waals surface area contributed by atoms with Crippen LogP contribution in [0.5, 0.6) is 0 Å². The predicted molar refractivity (Wildman–Crippen MR) is 78.4 cm³/mol. The summed E-state index contributed by atoms with van der Waals surface area (Å²) in [6, 6.07) is 9.56. The summed E-state index contributed by atoms with van der Waals surface area (Å²) in [5, 5.41) is 0. The summed E-state index contributed by atoms with van der Waals surface area (Å²) >= 11 is 0. The Morgan fingerprint density at radius 1 is 0.750 bits per heavy atom. The number of sulfone groups is 1. The van der Waals surface area contributed by atoms with E-state index in [9.17, 15) is 30.4 Å². The van der Waals surface area contributed by atoms with Crippen molar-refractivity contribution in [3.05, 3.63) is 65.7 Å². The molecule has 0 fully saturated rings. The molecule has 0 saturated heterocycles. The molecule has 130 valence electrons. The van der Waals surface area contributed by atoms with E-state index in [1.54, 1.807) is 6.07 Å². The minimum Gasteiger partial charge on any atom is -0.224 e. The SMILES string of the molecule is O=S(=O)(CCC(F)(F)c1ccc(C(F)(F)F)cc1)c1ccccc1. The number of benzene rings is 2. The van der Waals surface area contributed by atoms with Gasteiger partial charge < -0.3 is 0 Å². The molecule has 0 saturated carbocycles. The number of hydrogen-bond acceptors (Lipinski definition) is 2. The van der Waals surface area contributed by atoms with Crippen LogP contribution >= 0.6 is 0 Å². The zero-order valence-electron chi connectivity index (χ0n) is 12.2. The summed E-state index contributed by atoms with van der Waals surface area (Å²) in [4.78, 5) is -0.0757. The third kappa shape index (κ3) is 4.31. The Morgan fingerprint density at radius 2 is 1.25 bits per heavy atom. The van der Waals surface area contributed by atoms with Crippen LogP contribution < -0.4 is 0 Å². The van der Waals surface area contributed by atoms with Crippen molar-refractivity contribution in [1.82, 2.24) is 0 Å². The summed E-state index contributed by atoms with van der Waals surface area (Å²) in [5.41, 5.74) is -1.70. The summed E-state index contributed by atoms with van der Waals surface area (Å²) in [7, 11) is -3.89. The van der Waals surface area contributed by atoms with Gasteiger partial charge in [0, 0.05) is 12.0 Å². The smallest absolute Gasteiger partial charge is 0.224 e. The number of alkyl halides is 5. The van der Waals surface area contributed by atoms with Crippen LogP contribution in [0.4, 0.5) is 22.0 Å². The van der Waals surface area contributed by atoms with Gasteiger partial charge in [0.05, 0.1) is 16.2 Å². The zero-order chi connectivity index (χ0) is 18.0. The van der Waals surface area contributed by atoms with Gasteiger partial charge >= 0.3 is 6.18 Å². The third-order valence-corrected chi connectivity index (χ3v) is 5.15. The second kappa shape index (κ2) is 6.51. The van der Waals surface area contributed by atoms with Gasteiger partial charge in [-0.05, 0) is 24.3 Å². The Labute approximate surface area is 135 Å². The normalized spacial score (nSPS) is 13.0. The van der Waals surface area contributed by atoms with Gasteiger partial charge in [0.15, 0.2) is 9.84 Å². The van der Waals surface area contributed by atoms with Crippen LogP contribution in [0.15, 0.2) is 59.5 Å². The van der Waals surface area contributed by atoms with E-state index in [-0.39, 0.29) is 4.90 Å². The first kappa shape index (κ1) is 18.4. The minimum atomic E-state index is -4.62. The van der Waals surface area contributed by atoms with Crippen molar-refractivity contribution in [3.63, 3.8) is 0 Å². The molecule has 0 atom stereocenters. The van der Waals surface area contributed by atoms with Crippen LogP contribution in [-0.2, 0) is 21.9 Å². The molecule has 0 radical (unpaired) electrons. The molecule has 2 nitrogen and oxygen atoms in total. The Morgan fingerprint density at radius 3 is 1.75 bits per heavy atom. The Bertz CT molecular complexity index is 781. The van der Waals surface area contributed by atoms with Crippen molar-refractivity contribution < 1.29 is 30.4 Å². The lowest BCUT2D eigenvalue weighted by Gasteiger charge is -2.17. The number of hydrogen-bond donors (Lipinski definition) is 0. The molecule has 0 aliphatic rings. The van der Waals surface area contributed by atoms with Gasteiger partial charge in [0.1, 0.15) is 0 Å². The van der Waals surface area contributed by atoms with E-state index in [1.165, 1.54) is 24.3 Å². The van der Waals surface area contributed by atoms with Gasteiger partial charge in [-0.1, -0.05) is 30.3 Å². The van der Waals surface area contributed by atoms with Crippen molar-refractivity contribution in [3.8, 4) is 0 Å². The lowest BCUT2D eigenvalue weighted by atomic mass is 10.0. The minimum absolute atomic E-state index is 0.0757. The molecule has 0 amide bonds. The van der Waals surface area contributed by atoms with E-state index < -0.39 is 45.2 Å². The molecule has 0 aromatic heterocycles. The molecule has 2 rings (SSSR count). The molecule has 2 aromatic carbocycles. The van der Waals surface area contributed by atoms with Crippen LogP contribution in [0.25, 0.3) is 0 Å². The van der Waals surface area contributed by atoms with Crippen LogP contribution in [0.2, 0.25) is 0 Å². The van der Waals surface area contributed by atoms with Crippen LogP contribution in [0.3, 0.4) is 0 Å². The molecule has 2 aromatic rings. The Kier molecular flexibility index (Phi) is 4.98. The van der Waals surface area contributed by atoms with E-state index in [1.807, 2.05) is 0 Å². The van der Waals surface area contributed by atoms with E-state index in [0.717, 1.165) is 0 Å². The molecule has 0 spiro atoms. The van der Waals surface area contributed by atoms with Gasteiger partial charge in [-0.15, -0.1) is 0 Å². The van der Waals surface area contributed by atoms with Crippen LogP contribution in [-0.4, -0.2) is 14.2 Å². The molecular formula is C16H13F5O2S. The first-order valence-electron chi connectivity index (χ1n) is 6.86. The average molecular weight is 364 g/mol. The summed E-state index contributed by atoms with van der Waals surface area (Å²) in [6.07, 6.45) is -5.64. The first-order chi connectivity index (χ1) is 11.0. The average Bonchev–Trinajstić information content (AvgIpc) is 2.53.